The molecule has 0 aliphatic carbocycles. The summed E-state index contributed by atoms with van der Waals surface area (Å²) in [6.07, 6.45) is 0.0749. The number of alkyl halides is 2. The van der Waals surface area contributed by atoms with E-state index in [9.17, 15) is 13.6 Å². The fourth-order valence-corrected chi connectivity index (χ4v) is 1.90. The Morgan fingerprint density at radius 1 is 1.14 bits per heavy atom. The van der Waals surface area contributed by atoms with Gasteiger partial charge >= 0.3 is 0 Å². The van der Waals surface area contributed by atoms with Crippen molar-refractivity contribution in [3.8, 4) is 0 Å². The van der Waals surface area contributed by atoms with Gasteiger partial charge in [-0.25, -0.2) is 8.78 Å². The Bertz CT molecular complexity index is 619. The largest absolute Gasteiger partial charge is 0.350 e. The summed E-state index contributed by atoms with van der Waals surface area (Å²) in [7, 11) is 0. The summed E-state index contributed by atoms with van der Waals surface area (Å²) < 4.78 is 25.8. The van der Waals surface area contributed by atoms with Gasteiger partial charge in [0.25, 0.3) is 5.92 Å². The van der Waals surface area contributed by atoms with Crippen LogP contribution in [0, 0.1) is 0 Å². The molecule has 0 radical (unpaired) electrons. The molecule has 1 amide bonds. The molecular formula is C15H17ClF2N2O. The smallest absolute Gasteiger partial charge is 0.277 e. The number of nitrogens with one attached hydrogen (secondary N) is 1. The molecule has 0 spiro atoms. The summed E-state index contributed by atoms with van der Waals surface area (Å²) in [6, 6.07) is 13.4. The number of rotatable bonds is 5. The van der Waals surface area contributed by atoms with Crippen LogP contribution in [0.3, 0.4) is 0 Å². The molecule has 0 aliphatic heterocycles. The minimum atomic E-state index is -3.06. The van der Waals surface area contributed by atoms with Crippen molar-refractivity contribution < 1.29 is 13.6 Å². The Hall–Kier alpha value is -1.72. The second-order valence-electron chi connectivity index (χ2n) is 4.70. The first-order valence-electron chi connectivity index (χ1n) is 6.32. The van der Waals surface area contributed by atoms with Crippen molar-refractivity contribution in [1.29, 1.82) is 0 Å². The predicted octanol–water partition coefficient (Wildman–Crippen LogP) is 2.51. The molecule has 0 atom stereocenters. The number of nitrogens with two attached hydrogens (primary N) is 1. The topological polar surface area (TPSA) is 55.1 Å². The van der Waals surface area contributed by atoms with E-state index in [0.29, 0.717) is 0 Å². The number of hydrogen-bond acceptors (Lipinski definition) is 2. The molecule has 0 saturated carbocycles. The number of amides is 1. The lowest BCUT2D eigenvalue weighted by molar-refractivity contribution is -0.122. The zero-order valence-corrected chi connectivity index (χ0v) is 12.1. The van der Waals surface area contributed by atoms with E-state index in [0.717, 1.165) is 16.3 Å². The number of carbonyl (C=O) groups excluding carboxylic acids is 1. The zero-order chi connectivity index (χ0) is 14.6. The third-order valence-corrected chi connectivity index (χ3v) is 3.02. The molecule has 3 nitrogen and oxygen atoms in total. The highest BCUT2D eigenvalue weighted by Crippen LogP contribution is 2.16. The van der Waals surface area contributed by atoms with Crippen molar-refractivity contribution in [2.24, 2.45) is 5.73 Å². The average molecular weight is 315 g/mol. The third kappa shape index (κ3) is 4.95. The van der Waals surface area contributed by atoms with E-state index in [1.165, 1.54) is 0 Å². The Balaban J connectivity index is 0.00000220. The maximum atomic E-state index is 12.9. The molecule has 3 N–H and O–H groups in total. The Kier molecular flexibility index (Phi) is 6.05. The van der Waals surface area contributed by atoms with E-state index >= 15 is 0 Å². The van der Waals surface area contributed by atoms with Crippen molar-refractivity contribution >= 4 is 29.1 Å². The molecule has 2 aromatic carbocycles. The van der Waals surface area contributed by atoms with Crippen LogP contribution in [-0.2, 0) is 11.2 Å². The van der Waals surface area contributed by atoms with Gasteiger partial charge in [-0.1, -0.05) is 42.5 Å². The van der Waals surface area contributed by atoms with Gasteiger partial charge in [0.1, 0.15) is 0 Å². The first kappa shape index (κ1) is 17.3. The van der Waals surface area contributed by atoms with Gasteiger partial charge in [-0.05, 0) is 16.3 Å². The fourth-order valence-electron chi connectivity index (χ4n) is 1.90. The van der Waals surface area contributed by atoms with Gasteiger partial charge < -0.3 is 11.1 Å². The highest BCUT2D eigenvalue weighted by molar-refractivity contribution is 5.86. The summed E-state index contributed by atoms with van der Waals surface area (Å²) in [5.74, 6) is -3.49. The summed E-state index contributed by atoms with van der Waals surface area (Å²) >= 11 is 0. The second-order valence-corrected chi connectivity index (χ2v) is 4.70. The maximum Gasteiger partial charge on any atom is 0.277 e. The number of hydrogen-bond donors (Lipinski definition) is 2. The molecule has 0 aliphatic rings. The van der Waals surface area contributed by atoms with Crippen LogP contribution >= 0.6 is 12.4 Å². The van der Waals surface area contributed by atoms with Crippen molar-refractivity contribution in [1.82, 2.24) is 5.32 Å². The first-order chi connectivity index (χ1) is 9.50. The molecule has 0 unspecified atom stereocenters. The van der Waals surface area contributed by atoms with Crippen LogP contribution in [0.4, 0.5) is 8.78 Å². The van der Waals surface area contributed by atoms with Crippen LogP contribution in [0.15, 0.2) is 42.5 Å². The van der Waals surface area contributed by atoms with E-state index in [4.69, 9.17) is 5.73 Å². The SMILES string of the molecule is Cl.NCC(F)(F)CNC(=O)Cc1ccc2ccccc2c1. The van der Waals surface area contributed by atoms with Crippen LogP contribution in [0.2, 0.25) is 0 Å². The summed E-state index contributed by atoms with van der Waals surface area (Å²) in [5, 5.41) is 4.30. The standard InChI is InChI=1S/C15H16F2N2O.ClH/c16-15(17,9-18)10-19-14(20)8-11-5-6-12-3-1-2-4-13(12)7-11;/h1-7H,8-10,18H2,(H,19,20);1H. The van der Waals surface area contributed by atoms with E-state index in [1.54, 1.807) is 0 Å². The third-order valence-electron chi connectivity index (χ3n) is 3.02. The summed E-state index contributed by atoms with van der Waals surface area (Å²) in [4.78, 5) is 11.6. The molecule has 0 saturated heterocycles. The minimum Gasteiger partial charge on any atom is -0.350 e. The van der Waals surface area contributed by atoms with Crippen LogP contribution in [-0.4, -0.2) is 24.9 Å². The normalized spacial score (nSPS) is 11.0. The monoisotopic (exact) mass is 314 g/mol. The van der Waals surface area contributed by atoms with Gasteiger partial charge in [0, 0.05) is 0 Å². The predicted molar refractivity (Wildman–Crippen MR) is 81.9 cm³/mol. The highest BCUT2D eigenvalue weighted by atomic mass is 35.5. The zero-order valence-electron chi connectivity index (χ0n) is 11.3. The van der Waals surface area contributed by atoms with Gasteiger partial charge in [-0.15, -0.1) is 12.4 Å². The van der Waals surface area contributed by atoms with Gasteiger partial charge in [0.15, 0.2) is 0 Å². The van der Waals surface area contributed by atoms with E-state index < -0.39 is 24.9 Å². The lowest BCUT2D eigenvalue weighted by Gasteiger charge is -2.14. The Labute approximate surface area is 127 Å². The molecular weight excluding hydrogens is 298 g/mol. The lowest BCUT2D eigenvalue weighted by atomic mass is 10.0. The number of halogens is 3. The number of fused-ring (bicyclic) bond motifs is 1. The van der Waals surface area contributed by atoms with Crippen molar-refractivity contribution in [2.45, 2.75) is 12.3 Å². The fraction of sp³-hybridized carbons (Fsp3) is 0.267. The molecule has 21 heavy (non-hydrogen) atoms. The van der Waals surface area contributed by atoms with Crippen molar-refractivity contribution in [3.63, 3.8) is 0 Å². The maximum absolute atomic E-state index is 12.9. The minimum absolute atomic E-state index is 0. The molecule has 2 rings (SSSR count). The van der Waals surface area contributed by atoms with Crippen molar-refractivity contribution in [3.05, 3.63) is 48.0 Å². The lowest BCUT2D eigenvalue weighted by Crippen LogP contribution is -2.42. The highest BCUT2D eigenvalue weighted by Gasteiger charge is 2.27. The van der Waals surface area contributed by atoms with Gasteiger partial charge in [-0.3, -0.25) is 4.79 Å². The second kappa shape index (κ2) is 7.33. The molecule has 6 heteroatoms. The molecule has 0 fully saturated rings. The van der Waals surface area contributed by atoms with Crippen molar-refractivity contribution in [2.75, 3.05) is 13.1 Å². The van der Waals surface area contributed by atoms with Crippen LogP contribution in [0.1, 0.15) is 5.56 Å². The molecule has 0 aromatic heterocycles. The first-order valence-corrected chi connectivity index (χ1v) is 6.32. The van der Waals surface area contributed by atoms with Crippen LogP contribution in [0.5, 0.6) is 0 Å². The van der Waals surface area contributed by atoms with Gasteiger partial charge in [0.05, 0.1) is 19.5 Å². The van der Waals surface area contributed by atoms with E-state index in [2.05, 4.69) is 5.32 Å². The van der Waals surface area contributed by atoms with Crippen LogP contribution in [0.25, 0.3) is 10.8 Å². The average Bonchev–Trinajstić information content (AvgIpc) is 2.45. The summed E-state index contributed by atoms with van der Waals surface area (Å²) in [5.41, 5.74) is 5.70. The van der Waals surface area contributed by atoms with E-state index in [-0.39, 0.29) is 18.8 Å². The molecule has 0 bridgehead atoms. The van der Waals surface area contributed by atoms with E-state index in [1.807, 2.05) is 42.5 Å². The Morgan fingerprint density at radius 2 is 1.81 bits per heavy atom. The number of benzene rings is 2. The molecule has 0 heterocycles. The van der Waals surface area contributed by atoms with Crippen LogP contribution < -0.4 is 11.1 Å². The number of carbonyl (C=O) groups is 1. The molecule has 114 valence electrons. The quantitative estimate of drug-likeness (QED) is 0.891. The molecule has 2 aromatic rings. The van der Waals surface area contributed by atoms with Gasteiger partial charge in [0.2, 0.25) is 5.91 Å². The Morgan fingerprint density at radius 3 is 2.48 bits per heavy atom. The van der Waals surface area contributed by atoms with Gasteiger partial charge in [-0.2, -0.15) is 0 Å². The summed E-state index contributed by atoms with van der Waals surface area (Å²) in [6.45, 7) is -1.50.